The van der Waals surface area contributed by atoms with Crippen molar-refractivity contribution in [2.45, 2.75) is 65.1 Å². The standard InChI is InChI=1S/C22H26N2O3/c1-13-11-17-7-5-6-8-20(17)24(13)21(25)16(4)27-22(26)19-12-14(2)23(15(19)3)18-9-10-18/h5-8,12-13,16,18H,9-11H2,1-4H3/t13-,16+/m1/s1. The van der Waals surface area contributed by atoms with E-state index in [1.165, 1.54) is 0 Å². The van der Waals surface area contributed by atoms with E-state index in [-0.39, 0.29) is 11.9 Å². The first-order valence-corrected chi connectivity index (χ1v) is 9.69. The number of para-hydroxylation sites is 1. The molecule has 0 N–H and O–H groups in total. The second kappa shape index (κ2) is 6.55. The molecule has 2 aromatic rings. The van der Waals surface area contributed by atoms with Crippen molar-refractivity contribution < 1.29 is 14.3 Å². The van der Waals surface area contributed by atoms with E-state index < -0.39 is 12.1 Å². The molecule has 1 amide bonds. The summed E-state index contributed by atoms with van der Waals surface area (Å²) >= 11 is 0. The summed E-state index contributed by atoms with van der Waals surface area (Å²) < 4.78 is 7.79. The van der Waals surface area contributed by atoms with E-state index in [0.29, 0.717) is 11.6 Å². The molecule has 0 unspecified atom stereocenters. The monoisotopic (exact) mass is 366 g/mol. The molecule has 2 aliphatic rings. The molecule has 0 bridgehead atoms. The van der Waals surface area contributed by atoms with Crippen LogP contribution in [-0.2, 0) is 16.0 Å². The minimum absolute atomic E-state index is 0.0657. The highest BCUT2D eigenvalue weighted by atomic mass is 16.5. The topological polar surface area (TPSA) is 51.5 Å². The SMILES string of the molecule is Cc1cc(C(=O)O[C@@H](C)C(=O)N2c3ccccc3C[C@H]2C)c(C)n1C1CC1. The molecule has 0 radical (unpaired) electrons. The Morgan fingerprint density at radius 2 is 1.89 bits per heavy atom. The second-order valence-corrected chi connectivity index (χ2v) is 7.82. The van der Waals surface area contributed by atoms with Crippen LogP contribution >= 0.6 is 0 Å². The van der Waals surface area contributed by atoms with Crippen LogP contribution in [-0.4, -0.2) is 28.6 Å². The van der Waals surface area contributed by atoms with Crippen molar-refractivity contribution in [3.05, 3.63) is 52.8 Å². The lowest BCUT2D eigenvalue weighted by Gasteiger charge is -2.26. The van der Waals surface area contributed by atoms with Gasteiger partial charge in [-0.15, -0.1) is 0 Å². The number of benzene rings is 1. The molecule has 0 spiro atoms. The number of carbonyl (C=O) groups is 2. The van der Waals surface area contributed by atoms with Crippen molar-refractivity contribution in [3.8, 4) is 0 Å². The maximum absolute atomic E-state index is 13.0. The number of anilines is 1. The molecule has 2 heterocycles. The number of ether oxygens (including phenoxy) is 1. The molecule has 0 saturated heterocycles. The van der Waals surface area contributed by atoms with Crippen LogP contribution in [0.4, 0.5) is 5.69 Å². The third kappa shape index (κ3) is 3.05. The average Bonchev–Trinajstić information content (AvgIpc) is 3.33. The highest BCUT2D eigenvalue weighted by Gasteiger charge is 2.35. The van der Waals surface area contributed by atoms with Gasteiger partial charge in [0.25, 0.3) is 5.91 Å². The number of esters is 1. The van der Waals surface area contributed by atoms with Crippen LogP contribution in [0.5, 0.6) is 0 Å². The molecular weight excluding hydrogens is 340 g/mol. The van der Waals surface area contributed by atoms with Crippen molar-refractivity contribution in [1.82, 2.24) is 4.57 Å². The summed E-state index contributed by atoms with van der Waals surface area (Å²) in [6, 6.07) is 10.4. The normalized spacial score (nSPS) is 19.7. The van der Waals surface area contributed by atoms with Gasteiger partial charge in [-0.25, -0.2) is 4.79 Å². The largest absolute Gasteiger partial charge is 0.449 e. The minimum Gasteiger partial charge on any atom is -0.449 e. The summed E-state index contributed by atoms with van der Waals surface area (Å²) in [6.45, 7) is 7.65. The summed E-state index contributed by atoms with van der Waals surface area (Å²) in [4.78, 5) is 27.5. The molecule has 1 aromatic heterocycles. The van der Waals surface area contributed by atoms with Gasteiger partial charge in [0.15, 0.2) is 6.10 Å². The first-order chi connectivity index (χ1) is 12.9. The maximum Gasteiger partial charge on any atom is 0.340 e. The highest BCUT2D eigenvalue weighted by Crippen LogP contribution is 2.38. The zero-order valence-electron chi connectivity index (χ0n) is 16.4. The predicted molar refractivity (Wildman–Crippen MR) is 104 cm³/mol. The quantitative estimate of drug-likeness (QED) is 0.770. The Balaban J connectivity index is 1.51. The van der Waals surface area contributed by atoms with Crippen molar-refractivity contribution in [2.24, 2.45) is 0 Å². The average molecular weight is 366 g/mol. The van der Waals surface area contributed by atoms with Gasteiger partial charge >= 0.3 is 5.97 Å². The molecule has 5 heteroatoms. The fourth-order valence-corrected chi connectivity index (χ4v) is 4.25. The Morgan fingerprint density at radius 1 is 1.19 bits per heavy atom. The van der Waals surface area contributed by atoms with Crippen molar-refractivity contribution >= 4 is 17.6 Å². The van der Waals surface area contributed by atoms with Crippen LogP contribution in [0, 0.1) is 13.8 Å². The van der Waals surface area contributed by atoms with E-state index in [0.717, 1.165) is 41.9 Å². The molecule has 27 heavy (non-hydrogen) atoms. The minimum atomic E-state index is -0.824. The fourth-order valence-electron chi connectivity index (χ4n) is 4.25. The number of aryl methyl sites for hydroxylation is 1. The first kappa shape index (κ1) is 17.8. The van der Waals surface area contributed by atoms with Gasteiger partial charge in [-0.3, -0.25) is 4.79 Å². The van der Waals surface area contributed by atoms with Crippen molar-refractivity contribution in [2.75, 3.05) is 4.90 Å². The molecule has 1 aliphatic carbocycles. The number of amides is 1. The Hall–Kier alpha value is -2.56. The van der Waals surface area contributed by atoms with Crippen LogP contribution in [0.15, 0.2) is 30.3 Å². The van der Waals surface area contributed by atoms with E-state index in [1.54, 1.807) is 11.8 Å². The van der Waals surface area contributed by atoms with Crippen LogP contribution in [0.2, 0.25) is 0 Å². The molecular formula is C22H26N2O3. The van der Waals surface area contributed by atoms with Gasteiger partial charge in [-0.1, -0.05) is 18.2 Å². The van der Waals surface area contributed by atoms with Crippen molar-refractivity contribution in [1.29, 1.82) is 0 Å². The lowest BCUT2D eigenvalue weighted by molar-refractivity contribution is -0.126. The van der Waals surface area contributed by atoms with Gasteiger partial charge in [0.1, 0.15) is 0 Å². The maximum atomic E-state index is 13.0. The lowest BCUT2D eigenvalue weighted by Crippen LogP contribution is -2.43. The summed E-state index contributed by atoms with van der Waals surface area (Å²) in [6.07, 6.45) is 2.32. The Labute approximate surface area is 159 Å². The number of fused-ring (bicyclic) bond motifs is 1. The highest BCUT2D eigenvalue weighted by molar-refractivity contribution is 6.01. The van der Waals surface area contributed by atoms with Crippen LogP contribution < -0.4 is 4.90 Å². The Morgan fingerprint density at radius 3 is 2.59 bits per heavy atom. The van der Waals surface area contributed by atoms with E-state index in [4.69, 9.17) is 4.74 Å². The second-order valence-electron chi connectivity index (χ2n) is 7.82. The predicted octanol–water partition coefficient (Wildman–Crippen LogP) is 3.96. The molecule has 142 valence electrons. The summed E-state index contributed by atoms with van der Waals surface area (Å²) in [5.41, 5.74) is 4.64. The molecule has 2 atom stereocenters. The summed E-state index contributed by atoms with van der Waals surface area (Å²) in [5, 5.41) is 0. The Kier molecular flexibility index (Phi) is 4.33. The van der Waals surface area contributed by atoms with Gasteiger partial charge in [0.05, 0.1) is 5.56 Å². The molecule has 5 nitrogen and oxygen atoms in total. The first-order valence-electron chi connectivity index (χ1n) is 9.69. The summed E-state index contributed by atoms with van der Waals surface area (Å²) in [5.74, 6) is -0.590. The number of aromatic nitrogens is 1. The number of hydrogen-bond acceptors (Lipinski definition) is 3. The Bertz CT molecular complexity index is 910. The molecule has 1 fully saturated rings. The zero-order valence-corrected chi connectivity index (χ0v) is 16.4. The van der Waals surface area contributed by atoms with E-state index in [2.05, 4.69) is 4.57 Å². The van der Waals surface area contributed by atoms with Gasteiger partial charge in [-0.2, -0.15) is 0 Å². The van der Waals surface area contributed by atoms with Gasteiger partial charge in [0, 0.05) is 29.2 Å². The van der Waals surface area contributed by atoms with Crippen LogP contribution in [0.1, 0.15) is 60.0 Å². The number of rotatable bonds is 4. The van der Waals surface area contributed by atoms with Crippen molar-refractivity contribution in [3.63, 3.8) is 0 Å². The number of hydrogen-bond donors (Lipinski definition) is 0. The number of nitrogens with zero attached hydrogens (tertiary/aromatic N) is 2. The van der Waals surface area contributed by atoms with Gasteiger partial charge in [0.2, 0.25) is 0 Å². The third-order valence-electron chi connectivity index (χ3n) is 5.69. The van der Waals surface area contributed by atoms with Crippen LogP contribution in [0.25, 0.3) is 0 Å². The smallest absolute Gasteiger partial charge is 0.340 e. The van der Waals surface area contributed by atoms with Gasteiger partial charge in [-0.05, 0) is 64.7 Å². The van der Waals surface area contributed by atoms with E-state index in [1.807, 2.05) is 51.1 Å². The van der Waals surface area contributed by atoms with Gasteiger partial charge < -0.3 is 14.2 Å². The summed E-state index contributed by atoms with van der Waals surface area (Å²) in [7, 11) is 0. The van der Waals surface area contributed by atoms with E-state index in [9.17, 15) is 9.59 Å². The molecule has 1 aromatic carbocycles. The van der Waals surface area contributed by atoms with E-state index >= 15 is 0 Å². The fraction of sp³-hybridized carbons (Fsp3) is 0.455. The molecule has 4 rings (SSSR count). The molecule has 1 saturated carbocycles. The number of carbonyl (C=O) groups excluding carboxylic acids is 2. The lowest BCUT2D eigenvalue weighted by atomic mass is 10.1. The molecule has 1 aliphatic heterocycles. The zero-order chi connectivity index (χ0) is 19.3. The van der Waals surface area contributed by atoms with Crippen LogP contribution in [0.3, 0.4) is 0 Å². The third-order valence-corrected chi connectivity index (χ3v) is 5.69.